The van der Waals surface area contributed by atoms with E-state index in [0.29, 0.717) is 53.0 Å². The van der Waals surface area contributed by atoms with Crippen molar-refractivity contribution in [1.82, 2.24) is 29.9 Å². The number of benzene rings is 2. The van der Waals surface area contributed by atoms with Crippen molar-refractivity contribution in [2.75, 3.05) is 24.6 Å². The number of hydrogen-bond acceptors (Lipinski definition) is 8. The molecule has 46 heavy (non-hydrogen) atoms. The summed E-state index contributed by atoms with van der Waals surface area (Å²) >= 11 is 0. The number of piperidine rings is 1. The zero-order chi connectivity index (χ0) is 32.4. The second-order valence-corrected chi connectivity index (χ2v) is 11.9. The molecule has 0 saturated carbocycles. The molecule has 1 aliphatic rings. The zero-order valence-electron chi connectivity index (χ0n) is 25.6. The van der Waals surface area contributed by atoms with Gasteiger partial charge in [-0.3, -0.25) is 9.69 Å². The maximum atomic E-state index is 16.0. The number of hydrogen-bond donors (Lipinski definition) is 1. The Balaban J connectivity index is 1.43. The third kappa shape index (κ3) is 6.23. The normalized spacial score (nSPS) is 15.0. The lowest BCUT2D eigenvalue weighted by atomic mass is 10.0. The first-order valence-corrected chi connectivity index (χ1v) is 14.9. The third-order valence-corrected chi connectivity index (χ3v) is 7.55. The van der Waals surface area contributed by atoms with Crippen LogP contribution in [-0.4, -0.2) is 78.3 Å². The van der Waals surface area contributed by atoms with Crippen LogP contribution in [0.15, 0.2) is 67.0 Å². The fraction of sp³-hybridized carbons (Fsp3) is 0.294. The molecule has 1 saturated heterocycles. The highest BCUT2D eigenvalue weighted by Gasteiger charge is 2.36. The molecule has 1 atom stereocenters. The average Bonchev–Trinajstić information content (AvgIpc) is 3.47. The lowest BCUT2D eigenvalue weighted by Crippen LogP contribution is -2.53. The Labute approximate surface area is 264 Å². The molecule has 1 fully saturated rings. The topological polar surface area (TPSA) is 127 Å². The number of halogens is 1. The van der Waals surface area contributed by atoms with Gasteiger partial charge in [0.25, 0.3) is 5.91 Å². The van der Waals surface area contributed by atoms with Crippen LogP contribution in [0.5, 0.6) is 0 Å². The van der Waals surface area contributed by atoms with Gasteiger partial charge >= 0.3 is 6.09 Å². The molecular weight excluding hydrogens is 589 g/mol. The number of carbonyl (C=O) groups is 2. The number of anilines is 1. The monoisotopic (exact) mass is 621 g/mol. The molecule has 0 radical (unpaired) electrons. The highest BCUT2D eigenvalue weighted by Crippen LogP contribution is 2.32. The number of aliphatic hydroxyl groups excluding tert-OH is 1. The SMILES string of the molecule is CC(C)(C)OC(=O)N1CCC[C@@H](N(C(=O)c2ccc(-n3nnc4cccnc43)cc2F)c2nccc3ccc(C#CCO)cc23)C1. The summed E-state index contributed by atoms with van der Waals surface area (Å²) in [7, 11) is 0. The maximum absolute atomic E-state index is 16.0. The smallest absolute Gasteiger partial charge is 0.410 e. The predicted octanol–water partition coefficient (Wildman–Crippen LogP) is 4.89. The molecule has 0 bridgehead atoms. The zero-order valence-corrected chi connectivity index (χ0v) is 25.6. The van der Waals surface area contributed by atoms with Gasteiger partial charge in [0.1, 0.15) is 29.4 Å². The lowest BCUT2D eigenvalue weighted by molar-refractivity contribution is 0.0196. The van der Waals surface area contributed by atoms with Crippen molar-refractivity contribution in [3.05, 3.63) is 83.9 Å². The average molecular weight is 622 g/mol. The molecule has 11 nitrogen and oxygen atoms in total. The summed E-state index contributed by atoms with van der Waals surface area (Å²) in [4.78, 5) is 39.5. The Hall–Kier alpha value is -5.41. The third-order valence-electron chi connectivity index (χ3n) is 7.55. The van der Waals surface area contributed by atoms with Crippen LogP contribution in [0, 0.1) is 17.7 Å². The minimum Gasteiger partial charge on any atom is -0.444 e. The summed E-state index contributed by atoms with van der Waals surface area (Å²) in [6.07, 6.45) is 3.84. The number of aromatic nitrogens is 5. The van der Waals surface area contributed by atoms with Gasteiger partial charge in [0.15, 0.2) is 5.65 Å². The number of nitrogens with zero attached hydrogens (tertiary/aromatic N) is 7. The molecule has 2 aromatic carbocycles. The molecule has 1 aliphatic heterocycles. The van der Waals surface area contributed by atoms with Gasteiger partial charge in [0.2, 0.25) is 0 Å². The summed E-state index contributed by atoms with van der Waals surface area (Å²) in [5.41, 5.74) is 1.10. The van der Waals surface area contributed by atoms with Gasteiger partial charge < -0.3 is 14.7 Å². The van der Waals surface area contributed by atoms with E-state index < -0.39 is 29.5 Å². The number of fused-ring (bicyclic) bond motifs is 2. The van der Waals surface area contributed by atoms with Gasteiger partial charge in [-0.2, -0.15) is 4.68 Å². The molecule has 0 aliphatic carbocycles. The molecule has 234 valence electrons. The first-order chi connectivity index (χ1) is 22.1. The van der Waals surface area contributed by atoms with Crippen molar-refractivity contribution in [2.24, 2.45) is 0 Å². The van der Waals surface area contributed by atoms with Gasteiger partial charge in [-0.05, 0) is 81.5 Å². The Morgan fingerprint density at radius 3 is 2.74 bits per heavy atom. The summed E-state index contributed by atoms with van der Waals surface area (Å²) in [6.45, 7) is 5.71. The van der Waals surface area contributed by atoms with Crippen LogP contribution in [0.4, 0.5) is 15.0 Å². The standard InChI is InChI=1S/C34H32FN7O4/c1-34(2,3)46-33(45)40-17-5-8-25(21-40)41(30-27-19-22(7-6-18-43)10-11-23(27)14-16-37-30)32(44)26-13-12-24(20-28(26)35)42-31-29(38-39-42)9-4-15-36-31/h4,9-16,19-20,25,43H,5,8,17-18,21H2,1-3H3/t25-/m1/s1. The summed E-state index contributed by atoms with van der Waals surface area (Å²) < 4.78 is 23.0. The van der Waals surface area contributed by atoms with Gasteiger partial charge in [-0.15, -0.1) is 5.10 Å². The van der Waals surface area contributed by atoms with E-state index in [2.05, 4.69) is 32.1 Å². The van der Waals surface area contributed by atoms with E-state index in [-0.39, 0.29) is 18.7 Å². The number of amides is 2. The fourth-order valence-corrected chi connectivity index (χ4v) is 5.53. The van der Waals surface area contributed by atoms with Gasteiger partial charge in [0.05, 0.1) is 17.3 Å². The Bertz CT molecular complexity index is 2010. The van der Waals surface area contributed by atoms with Crippen LogP contribution < -0.4 is 4.90 Å². The lowest BCUT2D eigenvalue weighted by Gasteiger charge is -2.39. The second kappa shape index (κ2) is 12.5. The largest absolute Gasteiger partial charge is 0.444 e. The van der Waals surface area contributed by atoms with Crippen LogP contribution in [0.1, 0.15) is 49.5 Å². The number of carbonyl (C=O) groups excluding carboxylic acids is 2. The summed E-state index contributed by atoms with van der Waals surface area (Å²) in [5.74, 6) is 4.47. The molecule has 1 N–H and O–H groups in total. The fourth-order valence-electron chi connectivity index (χ4n) is 5.53. The highest BCUT2D eigenvalue weighted by molar-refractivity contribution is 6.10. The molecule has 0 spiro atoms. The molecular formula is C34H32FN7O4. The van der Waals surface area contributed by atoms with Gasteiger partial charge in [-0.1, -0.05) is 23.1 Å². The van der Waals surface area contributed by atoms with Crippen molar-refractivity contribution >= 4 is 39.8 Å². The van der Waals surface area contributed by atoms with Crippen LogP contribution >= 0.6 is 0 Å². The van der Waals surface area contributed by atoms with Gasteiger partial charge in [0, 0.05) is 42.5 Å². The van der Waals surface area contributed by atoms with E-state index in [9.17, 15) is 14.7 Å². The van der Waals surface area contributed by atoms with E-state index in [1.54, 1.807) is 62.3 Å². The minimum absolute atomic E-state index is 0.166. The number of aliphatic hydroxyl groups is 1. The van der Waals surface area contributed by atoms with E-state index in [1.807, 2.05) is 18.2 Å². The van der Waals surface area contributed by atoms with Crippen LogP contribution in [-0.2, 0) is 4.74 Å². The first-order valence-electron chi connectivity index (χ1n) is 14.9. The quantitative estimate of drug-likeness (QED) is 0.281. The predicted molar refractivity (Wildman–Crippen MR) is 170 cm³/mol. The van der Waals surface area contributed by atoms with E-state index in [1.165, 1.54) is 21.7 Å². The van der Waals surface area contributed by atoms with Crippen molar-refractivity contribution in [1.29, 1.82) is 0 Å². The van der Waals surface area contributed by atoms with Crippen molar-refractivity contribution in [3.63, 3.8) is 0 Å². The minimum atomic E-state index is -0.762. The molecule has 5 aromatic rings. The van der Waals surface area contributed by atoms with Crippen LogP contribution in [0.25, 0.3) is 27.6 Å². The molecule has 6 rings (SSSR count). The number of pyridine rings is 2. The Morgan fingerprint density at radius 2 is 1.96 bits per heavy atom. The molecule has 12 heteroatoms. The van der Waals surface area contributed by atoms with Crippen molar-refractivity contribution in [3.8, 4) is 17.5 Å². The van der Waals surface area contributed by atoms with E-state index >= 15 is 4.39 Å². The Morgan fingerprint density at radius 1 is 1.11 bits per heavy atom. The molecule has 3 aromatic heterocycles. The number of likely N-dealkylation sites (tertiary alicyclic amines) is 1. The van der Waals surface area contributed by atoms with E-state index in [0.717, 1.165) is 5.39 Å². The number of rotatable bonds is 4. The molecule has 4 heterocycles. The van der Waals surface area contributed by atoms with Crippen LogP contribution in [0.2, 0.25) is 0 Å². The maximum Gasteiger partial charge on any atom is 0.410 e. The van der Waals surface area contributed by atoms with E-state index in [4.69, 9.17) is 4.74 Å². The van der Waals surface area contributed by atoms with Crippen molar-refractivity contribution < 1.29 is 23.8 Å². The van der Waals surface area contributed by atoms with Crippen molar-refractivity contribution in [2.45, 2.75) is 45.3 Å². The second-order valence-electron chi connectivity index (χ2n) is 11.9. The molecule has 2 amide bonds. The highest BCUT2D eigenvalue weighted by atomic mass is 19.1. The number of ether oxygens (including phenoxy) is 1. The summed E-state index contributed by atoms with van der Waals surface area (Å²) in [6, 6.07) is 14.4. The van der Waals surface area contributed by atoms with Crippen LogP contribution in [0.3, 0.4) is 0 Å². The first kappa shape index (κ1) is 30.6. The summed E-state index contributed by atoms with van der Waals surface area (Å²) in [5, 5.41) is 18.8. The van der Waals surface area contributed by atoms with Gasteiger partial charge in [-0.25, -0.2) is 19.2 Å². The molecule has 0 unspecified atom stereocenters. The Kier molecular flexibility index (Phi) is 8.34.